The quantitative estimate of drug-likeness (QED) is 0.664. The van der Waals surface area contributed by atoms with Gasteiger partial charge in [-0.05, 0) is 25.5 Å². The molecule has 2 rings (SSSR count). The fourth-order valence-corrected chi connectivity index (χ4v) is 2.96. The van der Waals surface area contributed by atoms with Gasteiger partial charge >= 0.3 is 5.97 Å². The highest BCUT2D eigenvalue weighted by Gasteiger charge is 2.21. The lowest BCUT2D eigenvalue weighted by atomic mass is 10.1. The number of hydrogen-bond acceptors (Lipinski definition) is 5. The SMILES string of the molecule is Cc1sc(NC(=O)c2cccc([N+](=O)[O-])c2)c(C(=O)O)c1C. The molecule has 7 nitrogen and oxygen atoms in total. The number of carbonyl (C=O) groups excluding carboxylic acids is 1. The van der Waals surface area contributed by atoms with E-state index in [0.717, 1.165) is 22.3 Å². The van der Waals surface area contributed by atoms with E-state index in [-0.39, 0.29) is 21.8 Å². The molecule has 0 aliphatic heterocycles. The van der Waals surface area contributed by atoms with Gasteiger partial charge in [0.15, 0.2) is 0 Å². The number of carboxylic acids is 1. The summed E-state index contributed by atoms with van der Waals surface area (Å²) in [4.78, 5) is 34.4. The van der Waals surface area contributed by atoms with E-state index in [2.05, 4.69) is 5.32 Å². The Morgan fingerprint density at radius 2 is 2.00 bits per heavy atom. The van der Waals surface area contributed by atoms with Crippen molar-refractivity contribution in [1.82, 2.24) is 0 Å². The van der Waals surface area contributed by atoms with Gasteiger partial charge in [-0.15, -0.1) is 11.3 Å². The molecule has 2 aromatic rings. The molecule has 114 valence electrons. The van der Waals surface area contributed by atoms with Crippen LogP contribution in [0.5, 0.6) is 0 Å². The summed E-state index contributed by atoms with van der Waals surface area (Å²) in [6.45, 7) is 3.42. The van der Waals surface area contributed by atoms with Gasteiger partial charge in [-0.3, -0.25) is 14.9 Å². The van der Waals surface area contributed by atoms with Crippen LogP contribution in [-0.2, 0) is 0 Å². The monoisotopic (exact) mass is 320 g/mol. The lowest BCUT2D eigenvalue weighted by Crippen LogP contribution is -2.13. The standard InChI is InChI=1S/C14H12N2O5S/c1-7-8(2)22-13(11(7)14(18)19)15-12(17)9-4-3-5-10(6-9)16(20)21/h3-6H,1-2H3,(H,15,17)(H,18,19). The van der Waals surface area contributed by atoms with E-state index in [4.69, 9.17) is 0 Å². The zero-order valence-corrected chi connectivity index (χ0v) is 12.6. The van der Waals surface area contributed by atoms with E-state index in [1.54, 1.807) is 13.8 Å². The number of non-ortho nitro benzene ring substituents is 1. The van der Waals surface area contributed by atoms with E-state index < -0.39 is 16.8 Å². The number of anilines is 1. The first-order chi connectivity index (χ1) is 10.3. The fraction of sp³-hybridized carbons (Fsp3) is 0.143. The second kappa shape index (κ2) is 5.94. The molecule has 1 heterocycles. The van der Waals surface area contributed by atoms with Crippen LogP contribution in [0.1, 0.15) is 31.2 Å². The summed E-state index contributed by atoms with van der Waals surface area (Å²) in [6.07, 6.45) is 0. The number of nitro benzene ring substituents is 1. The maximum atomic E-state index is 12.2. The van der Waals surface area contributed by atoms with E-state index in [1.807, 2.05) is 0 Å². The number of nitro groups is 1. The number of benzene rings is 1. The minimum atomic E-state index is -1.13. The molecule has 0 spiro atoms. The molecule has 22 heavy (non-hydrogen) atoms. The number of rotatable bonds is 4. The first-order valence-electron chi connectivity index (χ1n) is 6.20. The number of amides is 1. The number of carbonyl (C=O) groups is 2. The van der Waals surface area contributed by atoms with Crippen LogP contribution in [0.25, 0.3) is 0 Å². The summed E-state index contributed by atoms with van der Waals surface area (Å²) in [7, 11) is 0. The van der Waals surface area contributed by atoms with Gasteiger partial charge in [-0.2, -0.15) is 0 Å². The summed E-state index contributed by atoms with van der Waals surface area (Å²) in [5, 5.41) is 22.7. The molecular weight excluding hydrogens is 308 g/mol. The van der Waals surface area contributed by atoms with Crippen LogP contribution in [0, 0.1) is 24.0 Å². The van der Waals surface area contributed by atoms with Crippen molar-refractivity contribution in [2.45, 2.75) is 13.8 Å². The lowest BCUT2D eigenvalue weighted by molar-refractivity contribution is -0.384. The molecular formula is C14H12N2O5S. The van der Waals surface area contributed by atoms with Gasteiger partial charge < -0.3 is 10.4 Å². The highest BCUT2D eigenvalue weighted by atomic mass is 32.1. The molecule has 0 atom stereocenters. The summed E-state index contributed by atoms with van der Waals surface area (Å²) in [6, 6.07) is 5.24. The average Bonchev–Trinajstić information content (AvgIpc) is 2.73. The van der Waals surface area contributed by atoms with Crippen LogP contribution in [0.15, 0.2) is 24.3 Å². The molecule has 0 fully saturated rings. The summed E-state index contributed by atoms with van der Waals surface area (Å²) < 4.78 is 0. The van der Waals surface area contributed by atoms with Crippen molar-refractivity contribution in [1.29, 1.82) is 0 Å². The third kappa shape index (κ3) is 2.96. The summed E-state index contributed by atoms with van der Waals surface area (Å²) in [5.74, 6) is -1.72. The third-order valence-corrected chi connectivity index (χ3v) is 4.27. The van der Waals surface area contributed by atoms with Gasteiger partial charge in [0.1, 0.15) is 5.00 Å². The molecule has 0 saturated carbocycles. The maximum absolute atomic E-state index is 12.2. The Balaban J connectivity index is 2.34. The van der Waals surface area contributed by atoms with Gasteiger partial charge in [-0.25, -0.2) is 4.79 Å². The minimum absolute atomic E-state index is 0.0429. The van der Waals surface area contributed by atoms with Crippen molar-refractivity contribution in [2.75, 3.05) is 5.32 Å². The van der Waals surface area contributed by atoms with Crippen LogP contribution in [0.4, 0.5) is 10.7 Å². The zero-order chi connectivity index (χ0) is 16.4. The van der Waals surface area contributed by atoms with Crippen LogP contribution < -0.4 is 5.32 Å². The third-order valence-electron chi connectivity index (χ3n) is 3.15. The Labute approximate surface area is 129 Å². The number of carboxylic acid groups (broad SMARTS) is 1. The molecule has 1 aromatic heterocycles. The molecule has 0 unspecified atom stereocenters. The van der Waals surface area contributed by atoms with Gasteiger partial charge in [-0.1, -0.05) is 6.07 Å². The highest BCUT2D eigenvalue weighted by Crippen LogP contribution is 2.32. The Morgan fingerprint density at radius 1 is 1.32 bits per heavy atom. The van der Waals surface area contributed by atoms with E-state index in [1.165, 1.54) is 18.2 Å². The van der Waals surface area contributed by atoms with Gasteiger partial charge in [0.05, 0.1) is 10.5 Å². The molecule has 0 radical (unpaired) electrons. The van der Waals surface area contributed by atoms with Gasteiger partial charge in [0.2, 0.25) is 0 Å². The first kappa shape index (κ1) is 15.6. The number of nitrogens with one attached hydrogen (secondary N) is 1. The van der Waals surface area contributed by atoms with E-state index in [0.29, 0.717) is 5.56 Å². The molecule has 0 saturated heterocycles. The van der Waals surface area contributed by atoms with Crippen molar-refractivity contribution < 1.29 is 19.6 Å². The van der Waals surface area contributed by atoms with Crippen LogP contribution in [-0.4, -0.2) is 21.9 Å². The molecule has 0 aliphatic rings. The largest absolute Gasteiger partial charge is 0.478 e. The second-order valence-corrected chi connectivity index (χ2v) is 5.78. The molecule has 1 amide bonds. The van der Waals surface area contributed by atoms with Crippen molar-refractivity contribution in [3.05, 3.63) is 55.9 Å². The molecule has 0 aliphatic carbocycles. The number of nitrogens with zero attached hydrogens (tertiary/aromatic N) is 1. The topological polar surface area (TPSA) is 110 Å². The minimum Gasteiger partial charge on any atom is -0.478 e. The van der Waals surface area contributed by atoms with Crippen molar-refractivity contribution >= 4 is 33.9 Å². The fourth-order valence-electron chi connectivity index (χ4n) is 1.91. The Kier molecular flexibility index (Phi) is 4.22. The van der Waals surface area contributed by atoms with Gasteiger partial charge in [0, 0.05) is 22.6 Å². The van der Waals surface area contributed by atoms with Crippen LogP contribution in [0.3, 0.4) is 0 Å². The van der Waals surface area contributed by atoms with E-state index in [9.17, 15) is 24.8 Å². The summed E-state index contributed by atoms with van der Waals surface area (Å²) in [5.41, 5.74) is 0.520. The normalized spacial score (nSPS) is 10.3. The number of aromatic carboxylic acids is 1. The smallest absolute Gasteiger partial charge is 0.338 e. The predicted octanol–water partition coefficient (Wildman–Crippen LogP) is 3.22. The first-order valence-corrected chi connectivity index (χ1v) is 7.02. The number of aryl methyl sites for hydroxylation is 1. The van der Waals surface area contributed by atoms with Gasteiger partial charge in [0.25, 0.3) is 11.6 Å². The number of hydrogen-bond donors (Lipinski definition) is 2. The van der Waals surface area contributed by atoms with Crippen molar-refractivity contribution in [3.63, 3.8) is 0 Å². The van der Waals surface area contributed by atoms with Crippen LogP contribution in [0.2, 0.25) is 0 Å². The van der Waals surface area contributed by atoms with Crippen molar-refractivity contribution in [2.24, 2.45) is 0 Å². The second-order valence-electron chi connectivity index (χ2n) is 4.55. The van der Waals surface area contributed by atoms with E-state index >= 15 is 0 Å². The maximum Gasteiger partial charge on any atom is 0.338 e. The molecule has 0 bridgehead atoms. The number of thiophene rings is 1. The Bertz CT molecular complexity index is 782. The highest BCUT2D eigenvalue weighted by molar-refractivity contribution is 7.16. The van der Waals surface area contributed by atoms with Crippen LogP contribution >= 0.6 is 11.3 Å². The lowest BCUT2D eigenvalue weighted by Gasteiger charge is -2.04. The molecule has 8 heteroatoms. The van der Waals surface area contributed by atoms with Crippen molar-refractivity contribution in [3.8, 4) is 0 Å². The Morgan fingerprint density at radius 3 is 2.59 bits per heavy atom. The zero-order valence-electron chi connectivity index (χ0n) is 11.7. The summed E-state index contributed by atoms with van der Waals surface area (Å²) >= 11 is 1.16. The molecule has 1 aromatic carbocycles. The predicted molar refractivity (Wildman–Crippen MR) is 81.8 cm³/mol. The Hall–Kier alpha value is -2.74. The average molecular weight is 320 g/mol. The molecule has 2 N–H and O–H groups in total.